The quantitative estimate of drug-likeness (QED) is 0.823. The van der Waals surface area contributed by atoms with E-state index in [0.29, 0.717) is 31.1 Å². The molecule has 4 rings (SSSR count). The Bertz CT molecular complexity index is 903. The van der Waals surface area contributed by atoms with Crippen molar-refractivity contribution < 1.29 is 14.3 Å². The zero-order valence-corrected chi connectivity index (χ0v) is 14.4. The number of fused-ring (bicyclic) bond motifs is 1. The van der Waals surface area contributed by atoms with Gasteiger partial charge in [-0.3, -0.25) is 9.59 Å². The van der Waals surface area contributed by atoms with E-state index in [2.05, 4.69) is 10.3 Å². The van der Waals surface area contributed by atoms with Crippen molar-refractivity contribution in [3.05, 3.63) is 46.2 Å². The first-order valence-corrected chi connectivity index (χ1v) is 8.95. The lowest BCUT2D eigenvalue weighted by Crippen LogP contribution is -2.35. The fraction of sp³-hybridized carbons (Fsp3) is 0.421. The maximum absolute atomic E-state index is 12.1. The SMILES string of the molecule is O=C(CCc1cc2ccccc2[nH]c1=O)NCC1CN(C2CC2)C(=O)O1. The second kappa shape index (κ2) is 6.82. The van der Waals surface area contributed by atoms with Gasteiger partial charge in [0.05, 0.1) is 13.1 Å². The second-order valence-corrected chi connectivity index (χ2v) is 6.90. The van der Waals surface area contributed by atoms with Crippen LogP contribution in [0.15, 0.2) is 35.1 Å². The maximum Gasteiger partial charge on any atom is 0.410 e. The summed E-state index contributed by atoms with van der Waals surface area (Å²) >= 11 is 0. The summed E-state index contributed by atoms with van der Waals surface area (Å²) in [5.41, 5.74) is 1.21. The summed E-state index contributed by atoms with van der Waals surface area (Å²) in [6.45, 7) is 0.843. The first-order valence-electron chi connectivity index (χ1n) is 8.95. The highest BCUT2D eigenvalue weighted by atomic mass is 16.6. The number of aromatic amines is 1. The molecule has 1 atom stereocenters. The van der Waals surface area contributed by atoms with E-state index >= 15 is 0 Å². The summed E-state index contributed by atoms with van der Waals surface area (Å²) in [5.74, 6) is -0.154. The molecule has 2 heterocycles. The van der Waals surface area contributed by atoms with E-state index in [9.17, 15) is 14.4 Å². The molecule has 0 radical (unpaired) electrons. The Labute approximate surface area is 150 Å². The number of H-pyrrole nitrogens is 1. The van der Waals surface area contributed by atoms with Crippen molar-refractivity contribution in [1.82, 2.24) is 15.2 Å². The van der Waals surface area contributed by atoms with Crippen LogP contribution in [0.4, 0.5) is 4.79 Å². The number of nitrogens with one attached hydrogen (secondary N) is 2. The highest BCUT2D eigenvalue weighted by Gasteiger charge is 2.40. The van der Waals surface area contributed by atoms with Gasteiger partial charge in [-0.1, -0.05) is 18.2 Å². The Morgan fingerprint density at radius 2 is 2.08 bits per heavy atom. The van der Waals surface area contributed by atoms with Crippen molar-refractivity contribution in [1.29, 1.82) is 0 Å². The minimum absolute atomic E-state index is 0.154. The molecule has 1 aromatic heterocycles. The van der Waals surface area contributed by atoms with Crippen LogP contribution < -0.4 is 10.9 Å². The van der Waals surface area contributed by atoms with Crippen LogP contribution in [0.5, 0.6) is 0 Å². The molecule has 136 valence electrons. The third kappa shape index (κ3) is 3.56. The topological polar surface area (TPSA) is 91.5 Å². The molecule has 1 aromatic carbocycles. The Hall–Kier alpha value is -2.83. The van der Waals surface area contributed by atoms with Crippen molar-refractivity contribution in [2.24, 2.45) is 0 Å². The molecule has 1 saturated heterocycles. The van der Waals surface area contributed by atoms with E-state index in [4.69, 9.17) is 4.74 Å². The van der Waals surface area contributed by atoms with Gasteiger partial charge >= 0.3 is 6.09 Å². The molecule has 0 bridgehead atoms. The van der Waals surface area contributed by atoms with Gasteiger partial charge in [-0.05, 0) is 36.8 Å². The summed E-state index contributed by atoms with van der Waals surface area (Å²) in [6, 6.07) is 9.70. The highest BCUT2D eigenvalue weighted by molar-refractivity contribution is 5.79. The predicted molar refractivity (Wildman–Crippen MR) is 95.9 cm³/mol. The van der Waals surface area contributed by atoms with Crippen molar-refractivity contribution in [3.63, 3.8) is 0 Å². The number of cyclic esters (lactones) is 1. The van der Waals surface area contributed by atoms with Crippen LogP contribution in [0.25, 0.3) is 10.9 Å². The van der Waals surface area contributed by atoms with E-state index in [-0.39, 0.29) is 30.1 Å². The summed E-state index contributed by atoms with van der Waals surface area (Å²) in [7, 11) is 0. The van der Waals surface area contributed by atoms with Crippen molar-refractivity contribution in [3.8, 4) is 0 Å². The number of nitrogens with zero attached hydrogens (tertiary/aromatic N) is 1. The van der Waals surface area contributed by atoms with Gasteiger partial charge in [0.15, 0.2) is 0 Å². The lowest BCUT2D eigenvalue weighted by molar-refractivity contribution is -0.121. The standard InChI is InChI=1S/C19H21N3O4/c23-17(20-10-15-11-22(14-6-7-14)19(25)26-15)8-5-13-9-12-3-1-2-4-16(12)21-18(13)24/h1-4,9,14-15H,5-8,10-11H2,(H,20,23)(H,21,24). The third-order valence-electron chi connectivity index (χ3n) is 4.87. The van der Waals surface area contributed by atoms with Gasteiger partial charge in [0.2, 0.25) is 5.91 Å². The summed E-state index contributed by atoms with van der Waals surface area (Å²) < 4.78 is 5.27. The summed E-state index contributed by atoms with van der Waals surface area (Å²) in [5, 5.41) is 3.74. The van der Waals surface area contributed by atoms with Crippen molar-refractivity contribution >= 4 is 22.9 Å². The Morgan fingerprint density at radius 1 is 1.27 bits per heavy atom. The predicted octanol–water partition coefficient (Wildman–Crippen LogP) is 1.56. The Kier molecular flexibility index (Phi) is 4.36. The van der Waals surface area contributed by atoms with Gasteiger partial charge < -0.3 is 19.9 Å². The first-order chi connectivity index (χ1) is 12.6. The number of hydrogen-bond acceptors (Lipinski definition) is 4. The number of para-hydroxylation sites is 1. The number of carbonyl (C=O) groups excluding carboxylic acids is 2. The number of amides is 2. The third-order valence-corrected chi connectivity index (χ3v) is 4.87. The Morgan fingerprint density at radius 3 is 2.88 bits per heavy atom. The molecule has 1 aliphatic carbocycles. The van der Waals surface area contributed by atoms with Crippen LogP contribution in [0.2, 0.25) is 0 Å². The van der Waals surface area contributed by atoms with Gasteiger partial charge in [0.1, 0.15) is 6.10 Å². The lowest BCUT2D eigenvalue weighted by atomic mass is 10.1. The van der Waals surface area contributed by atoms with E-state index in [1.807, 2.05) is 30.3 Å². The number of rotatable bonds is 6. The molecule has 2 amide bonds. The van der Waals surface area contributed by atoms with Gasteiger partial charge in [-0.2, -0.15) is 0 Å². The molecule has 2 aliphatic rings. The van der Waals surface area contributed by atoms with Crippen LogP contribution in [0.3, 0.4) is 0 Å². The minimum Gasteiger partial charge on any atom is -0.442 e. The molecular weight excluding hydrogens is 334 g/mol. The molecule has 0 spiro atoms. The van der Waals surface area contributed by atoms with Gasteiger partial charge in [-0.15, -0.1) is 0 Å². The number of ether oxygens (including phenoxy) is 1. The van der Waals surface area contributed by atoms with Crippen LogP contribution in [-0.4, -0.2) is 47.1 Å². The molecule has 1 aliphatic heterocycles. The molecule has 2 fully saturated rings. The van der Waals surface area contributed by atoms with Crippen molar-refractivity contribution in [2.45, 2.75) is 37.8 Å². The number of carbonyl (C=O) groups is 2. The molecule has 1 saturated carbocycles. The molecule has 26 heavy (non-hydrogen) atoms. The molecule has 7 nitrogen and oxygen atoms in total. The van der Waals surface area contributed by atoms with Gasteiger partial charge in [-0.25, -0.2) is 4.79 Å². The van der Waals surface area contributed by atoms with Gasteiger partial charge in [0, 0.05) is 23.5 Å². The lowest BCUT2D eigenvalue weighted by Gasteiger charge is -2.11. The maximum atomic E-state index is 12.1. The van der Waals surface area contributed by atoms with Crippen LogP contribution in [-0.2, 0) is 16.0 Å². The van der Waals surface area contributed by atoms with E-state index in [0.717, 1.165) is 23.7 Å². The molecular formula is C19H21N3O4. The molecule has 7 heteroatoms. The fourth-order valence-electron chi connectivity index (χ4n) is 3.27. The number of hydrogen-bond donors (Lipinski definition) is 2. The second-order valence-electron chi connectivity index (χ2n) is 6.90. The average Bonchev–Trinajstić information content (AvgIpc) is 3.41. The normalized spacial score (nSPS) is 19.6. The van der Waals surface area contributed by atoms with E-state index in [1.54, 1.807) is 4.90 Å². The van der Waals surface area contributed by atoms with Crippen LogP contribution in [0.1, 0.15) is 24.8 Å². The highest BCUT2D eigenvalue weighted by Crippen LogP contribution is 2.30. The smallest absolute Gasteiger partial charge is 0.410 e. The number of aromatic nitrogens is 1. The average molecular weight is 355 g/mol. The first kappa shape index (κ1) is 16.6. The number of benzene rings is 1. The van der Waals surface area contributed by atoms with E-state index in [1.165, 1.54) is 0 Å². The summed E-state index contributed by atoms with van der Waals surface area (Å²) in [4.78, 5) is 40.5. The molecule has 1 unspecified atom stereocenters. The summed E-state index contributed by atoms with van der Waals surface area (Å²) in [6.07, 6.45) is 2.08. The van der Waals surface area contributed by atoms with Crippen molar-refractivity contribution in [2.75, 3.05) is 13.1 Å². The van der Waals surface area contributed by atoms with Crippen LogP contribution in [0, 0.1) is 0 Å². The van der Waals surface area contributed by atoms with Gasteiger partial charge in [0.25, 0.3) is 5.56 Å². The zero-order chi connectivity index (χ0) is 18.1. The molecule has 2 N–H and O–H groups in total. The number of aryl methyl sites for hydroxylation is 1. The largest absolute Gasteiger partial charge is 0.442 e. The number of pyridine rings is 1. The fourth-order valence-corrected chi connectivity index (χ4v) is 3.27. The van der Waals surface area contributed by atoms with E-state index < -0.39 is 0 Å². The molecule has 2 aromatic rings. The monoisotopic (exact) mass is 355 g/mol. The zero-order valence-electron chi connectivity index (χ0n) is 14.4. The minimum atomic E-state index is -0.295. The van der Waals surface area contributed by atoms with Crippen LogP contribution >= 0.6 is 0 Å². The Balaban J connectivity index is 1.28.